The predicted molar refractivity (Wildman–Crippen MR) is 71.4 cm³/mol. The van der Waals surface area contributed by atoms with Crippen molar-refractivity contribution >= 4 is 11.6 Å². The second-order valence-electron chi connectivity index (χ2n) is 4.14. The Morgan fingerprint density at radius 1 is 1.33 bits per heavy atom. The zero-order valence-electron chi connectivity index (χ0n) is 9.96. The summed E-state index contributed by atoms with van der Waals surface area (Å²) >= 11 is 5.81. The number of hydrogen-bond donors (Lipinski definition) is 2. The summed E-state index contributed by atoms with van der Waals surface area (Å²) in [6, 6.07) is 9.50. The third kappa shape index (κ3) is 4.14. The van der Waals surface area contributed by atoms with Crippen LogP contribution in [0.3, 0.4) is 0 Å². The summed E-state index contributed by atoms with van der Waals surface area (Å²) in [5, 5.41) is 17.8. The fraction of sp³-hybridized carbons (Fsp3) is 0.308. The molecular weight excluding hydrogens is 250 g/mol. The largest absolute Gasteiger partial charge is 0.390 e. The maximum Gasteiger partial charge on any atom is 0.0860 e. The van der Waals surface area contributed by atoms with E-state index in [9.17, 15) is 5.11 Å². The maximum atomic E-state index is 9.80. The van der Waals surface area contributed by atoms with Gasteiger partial charge in [0.25, 0.3) is 0 Å². The SMILES string of the molecule is OC(CNCc1ccc(Cl)cc1)Cn1cccn1. The molecule has 0 aliphatic heterocycles. The first-order chi connectivity index (χ1) is 8.74. The lowest BCUT2D eigenvalue weighted by Gasteiger charge is -2.12. The molecule has 2 aromatic rings. The van der Waals surface area contributed by atoms with Crippen LogP contribution >= 0.6 is 11.6 Å². The Morgan fingerprint density at radius 2 is 2.11 bits per heavy atom. The summed E-state index contributed by atoms with van der Waals surface area (Å²) in [6.07, 6.45) is 3.09. The van der Waals surface area contributed by atoms with Gasteiger partial charge < -0.3 is 10.4 Å². The molecule has 0 aliphatic rings. The van der Waals surface area contributed by atoms with Crippen LogP contribution in [0.25, 0.3) is 0 Å². The summed E-state index contributed by atoms with van der Waals surface area (Å²) < 4.78 is 1.72. The highest BCUT2D eigenvalue weighted by atomic mass is 35.5. The van der Waals surface area contributed by atoms with Crippen LogP contribution in [0.15, 0.2) is 42.7 Å². The van der Waals surface area contributed by atoms with Gasteiger partial charge in [0, 0.05) is 30.5 Å². The van der Waals surface area contributed by atoms with E-state index in [0.717, 1.165) is 10.6 Å². The van der Waals surface area contributed by atoms with Crippen molar-refractivity contribution in [1.82, 2.24) is 15.1 Å². The Labute approximate surface area is 111 Å². The Hall–Kier alpha value is -1.36. The first kappa shape index (κ1) is 13.1. The monoisotopic (exact) mass is 265 g/mol. The van der Waals surface area contributed by atoms with Crippen molar-refractivity contribution in [3.05, 3.63) is 53.3 Å². The van der Waals surface area contributed by atoms with Gasteiger partial charge in [-0.25, -0.2) is 0 Å². The number of aliphatic hydroxyl groups is 1. The quantitative estimate of drug-likeness (QED) is 0.836. The first-order valence-electron chi connectivity index (χ1n) is 5.84. The summed E-state index contributed by atoms with van der Waals surface area (Å²) in [4.78, 5) is 0. The summed E-state index contributed by atoms with van der Waals surface area (Å²) in [5.41, 5.74) is 1.14. The molecule has 18 heavy (non-hydrogen) atoms. The average molecular weight is 266 g/mol. The summed E-state index contributed by atoms with van der Waals surface area (Å²) in [5.74, 6) is 0. The van der Waals surface area contributed by atoms with E-state index in [2.05, 4.69) is 10.4 Å². The number of nitrogens with one attached hydrogen (secondary N) is 1. The molecule has 1 atom stereocenters. The van der Waals surface area contributed by atoms with Gasteiger partial charge in [0.05, 0.1) is 12.6 Å². The van der Waals surface area contributed by atoms with E-state index in [1.165, 1.54) is 0 Å². The van der Waals surface area contributed by atoms with Crippen LogP contribution in [-0.4, -0.2) is 27.5 Å². The zero-order chi connectivity index (χ0) is 12.8. The highest BCUT2D eigenvalue weighted by molar-refractivity contribution is 6.30. The first-order valence-corrected chi connectivity index (χ1v) is 6.22. The molecule has 0 aliphatic carbocycles. The zero-order valence-corrected chi connectivity index (χ0v) is 10.7. The van der Waals surface area contributed by atoms with E-state index in [-0.39, 0.29) is 0 Å². The molecule has 4 nitrogen and oxygen atoms in total. The van der Waals surface area contributed by atoms with E-state index in [0.29, 0.717) is 19.6 Å². The van der Waals surface area contributed by atoms with E-state index in [4.69, 9.17) is 11.6 Å². The van der Waals surface area contributed by atoms with Crippen LogP contribution in [0.1, 0.15) is 5.56 Å². The van der Waals surface area contributed by atoms with Crippen LogP contribution in [-0.2, 0) is 13.1 Å². The van der Waals surface area contributed by atoms with Gasteiger partial charge in [0.1, 0.15) is 0 Å². The minimum atomic E-state index is -0.447. The molecule has 0 saturated heterocycles. The molecule has 96 valence electrons. The van der Waals surface area contributed by atoms with Crippen LogP contribution in [0.5, 0.6) is 0 Å². The van der Waals surface area contributed by atoms with E-state index in [1.54, 1.807) is 10.9 Å². The summed E-state index contributed by atoms with van der Waals surface area (Å²) in [6.45, 7) is 1.75. The van der Waals surface area contributed by atoms with E-state index >= 15 is 0 Å². The molecule has 0 fully saturated rings. The number of rotatable bonds is 6. The Kier molecular flexibility index (Phi) is 4.75. The number of aromatic nitrogens is 2. The van der Waals surface area contributed by atoms with Crippen LogP contribution in [0, 0.1) is 0 Å². The number of benzene rings is 1. The molecule has 1 unspecified atom stereocenters. The molecule has 0 bridgehead atoms. The maximum absolute atomic E-state index is 9.80. The lowest BCUT2D eigenvalue weighted by Crippen LogP contribution is -2.30. The van der Waals surface area contributed by atoms with Gasteiger partial charge in [0.15, 0.2) is 0 Å². The minimum absolute atomic E-state index is 0.447. The van der Waals surface area contributed by atoms with Gasteiger partial charge in [-0.2, -0.15) is 5.10 Å². The fourth-order valence-electron chi connectivity index (χ4n) is 1.67. The molecule has 1 aromatic carbocycles. The van der Waals surface area contributed by atoms with E-state index < -0.39 is 6.10 Å². The molecule has 5 heteroatoms. The lowest BCUT2D eigenvalue weighted by atomic mass is 10.2. The van der Waals surface area contributed by atoms with Crippen molar-refractivity contribution in [2.24, 2.45) is 0 Å². The third-order valence-electron chi connectivity index (χ3n) is 2.58. The fourth-order valence-corrected chi connectivity index (χ4v) is 1.80. The van der Waals surface area contributed by atoms with Crippen LogP contribution in [0.2, 0.25) is 5.02 Å². The highest BCUT2D eigenvalue weighted by Crippen LogP contribution is 2.09. The van der Waals surface area contributed by atoms with Crippen molar-refractivity contribution in [3.8, 4) is 0 Å². The van der Waals surface area contributed by atoms with Gasteiger partial charge >= 0.3 is 0 Å². The predicted octanol–water partition coefficient (Wildman–Crippen LogP) is 1.69. The number of halogens is 1. The van der Waals surface area contributed by atoms with Crippen molar-refractivity contribution in [1.29, 1.82) is 0 Å². The lowest BCUT2D eigenvalue weighted by molar-refractivity contribution is 0.146. The van der Waals surface area contributed by atoms with Crippen molar-refractivity contribution in [2.45, 2.75) is 19.2 Å². The number of nitrogens with zero attached hydrogens (tertiary/aromatic N) is 2. The van der Waals surface area contributed by atoms with Gasteiger partial charge in [-0.15, -0.1) is 0 Å². The molecule has 1 aromatic heterocycles. The van der Waals surface area contributed by atoms with Gasteiger partial charge in [0.2, 0.25) is 0 Å². The summed E-state index contributed by atoms with van der Waals surface area (Å²) in [7, 11) is 0. The molecule has 0 amide bonds. The molecule has 0 spiro atoms. The van der Waals surface area contributed by atoms with Gasteiger partial charge in [-0.3, -0.25) is 4.68 Å². The average Bonchev–Trinajstić information content (AvgIpc) is 2.84. The number of hydrogen-bond acceptors (Lipinski definition) is 3. The number of aliphatic hydroxyl groups excluding tert-OH is 1. The smallest absolute Gasteiger partial charge is 0.0860 e. The molecule has 2 N–H and O–H groups in total. The molecular formula is C13H16ClN3O. The molecule has 0 saturated carbocycles. The second kappa shape index (κ2) is 6.54. The van der Waals surface area contributed by atoms with Gasteiger partial charge in [-0.1, -0.05) is 23.7 Å². The molecule has 2 rings (SSSR count). The topological polar surface area (TPSA) is 50.1 Å². The van der Waals surface area contributed by atoms with Gasteiger partial charge in [-0.05, 0) is 23.8 Å². The van der Waals surface area contributed by atoms with Crippen molar-refractivity contribution < 1.29 is 5.11 Å². The Balaban J connectivity index is 1.70. The molecule has 0 radical (unpaired) electrons. The standard InChI is InChI=1S/C13H16ClN3O/c14-12-4-2-11(3-5-12)8-15-9-13(18)10-17-7-1-6-16-17/h1-7,13,15,18H,8-10H2. The normalized spacial score (nSPS) is 12.6. The van der Waals surface area contributed by atoms with Crippen LogP contribution < -0.4 is 5.32 Å². The van der Waals surface area contributed by atoms with E-state index in [1.807, 2.05) is 36.5 Å². The minimum Gasteiger partial charge on any atom is -0.390 e. The van der Waals surface area contributed by atoms with Crippen molar-refractivity contribution in [3.63, 3.8) is 0 Å². The Morgan fingerprint density at radius 3 is 2.78 bits per heavy atom. The highest BCUT2D eigenvalue weighted by Gasteiger charge is 2.04. The van der Waals surface area contributed by atoms with Crippen molar-refractivity contribution in [2.75, 3.05) is 6.54 Å². The molecule has 1 heterocycles. The third-order valence-corrected chi connectivity index (χ3v) is 2.83. The van der Waals surface area contributed by atoms with Crippen LogP contribution in [0.4, 0.5) is 0 Å². The second-order valence-corrected chi connectivity index (χ2v) is 4.58. The Bertz CT molecular complexity index is 456.